The summed E-state index contributed by atoms with van der Waals surface area (Å²) in [5, 5.41) is 9.93. The number of rotatable bonds is 2. The van der Waals surface area contributed by atoms with Gasteiger partial charge >= 0.3 is 0 Å². The zero-order chi connectivity index (χ0) is 12.7. The Morgan fingerprint density at radius 2 is 2.00 bits per heavy atom. The number of anilines is 1. The van der Waals surface area contributed by atoms with Crippen LogP contribution in [0.3, 0.4) is 0 Å². The summed E-state index contributed by atoms with van der Waals surface area (Å²) in [4.78, 5) is 2.36. The van der Waals surface area contributed by atoms with Crippen molar-refractivity contribution < 1.29 is 9.84 Å². The third-order valence-corrected chi connectivity index (χ3v) is 4.32. The van der Waals surface area contributed by atoms with Gasteiger partial charge in [0.1, 0.15) is 0 Å². The largest absolute Gasteiger partial charge is 0.389 e. The third kappa shape index (κ3) is 2.29. The summed E-state index contributed by atoms with van der Waals surface area (Å²) in [6.45, 7) is 3.70. The van der Waals surface area contributed by atoms with Crippen LogP contribution >= 0.6 is 15.9 Å². The normalized spacial score (nSPS) is 28.5. The Balaban J connectivity index is 1.91. The van der Waals surface area contributed by atoms with E-state index in [1.807, 2.05) is 19.1 Å². The summed E-state index contributed by atoms with van der Waals surface area (Å²) in [5.41, 5.74) is 2.14. The number of nitrogens with zero attached hydrogens (tertiary/aromatic N) is 1. The zero-order valence-corrected chi connectivity index (χ0v) is 12.1. The molecule has 18 heavy (non-hydrogen) atoms. The van der Waals surface area contributed by atoms with Gasteiger partial charge in [0.05, 0.1) is 18.3 Å². The van der Waals surface area contributed by atoms with Gasteiger partial charge in [-0.1, -0.05) is 15.9 Å². The summed E-state index contributed by atoms with van der Waals surface area (Å²) >= 11 is 3.47. The molecule has 2 heterocycles. The van der Waals surface area contributed by atoms with Gasteiger partial charge in [-0.3, -0.25) is 0 Å². The number of morpholine rings is 1. The Morgan fingerprint density at radius 3 is 2.61 bits per heavy atom. The maximum Gasteiger partial charge on any atom is 0.0782 e. The van der Waals surface area contributed by atoms with Crippen LogP contribution in [-0.4, -0.2) is 30.4 Å². The molecular formula is C14H18BrNO2. The summed E-state index contributed by atoms with van der Waals surface area (Å²) < 4.78 is 6.87. The van der Waals surface area contributed by atoms with E-state index >= 15 is 0 Å². The molecule has 3 atom stereocenters. The quantitative estimate of drug-likeness (QED) is 0.911. The molecule has 0 aliphatic carbocycles. The predicted octanol–water partition coefficient (Wildman–Crippen LogP) is 2.87. The molecule has 1 aromatic carbocycles. The molecule has 2 aliphatic heterocycles. The minimum absolute atomic E-state index is 0.370. The second-order valence-electron chi connectivity index (χ2n) is 5.24. The lowest BCUT2D eigenvalue weighted by atomic mass is 10.1. The van der Waals surface area contributed by atoms with Crippen LogP contribution in [0.15, 0.2) is 22.7 Å². The van der Waals surface area contributed by atoms with Gasteiger partial charge in [-0.25, -0.2) is 0 Å². The van der Waals surface area contributed by atoms with Crippen LogP contribution < -0.4 is 4.90 Å². The molecule has 0 saturated carbocycles. The van der Waals surface area contributed by atoms with E-state index in [0.29, 0.717) is 12.2 Å². The average Bonchev–Trinajstić information content (AvgIpc) is 2.68. The Morgan fingerprint density at radius 1 is 1.33 bits per heavy atom. The van der Waals surface area contributed by atoms with E-state index in [2.05, 4.69) is 26.9 Å². The SMILES string of the molecule is CC(O)c1cc(Br)ccc1N1CC2CCC(C1)O2. The summed E-state index contributed by atoms with van der Waals surface area (Å²) in [7, 11) is 0. The molecule has 0 radical (unpaired) electrons. The second kappa shape index (κ2) is 4.83. The van der Waals surface area contributed by atoms with Crippen LogP contribution in [0.25, 0.3) is 0 Å². The zero-order valence-electron chi connectivity index (χ0n) is 10.5. The van der Waals surface area contributed by atoms with E-state index in [0.717, 1.165) is 28.8 Å². The average molecular weight is 312 g/mol. The van der Waals surface area contributed by atoms with Crippen LogP contribution in [0.2, 0.25) is 0 Å². The van der Waals surface area contributed by atoms with Gasteiger partial charge < -0.3 is 14.7 Å². The highest BCUT2D eigenvalue weighted by molar-refractivity contribution is 9.10. The minimum atomic E-state index is -0.446. The number of fused-ring (bicyclic) bond motifs is 2. The topological polar surface area (TPSA) is 32.7 Å². The number of benzene rings is 1. The van der Waals surface area contributed by atoms with Gasteiger partial charge in [-0.15, -0.1) is 0 Å². The van der Waals surface area contributed by atoms with Crippen LogP contribution in [0.1, 0.15) is 31.4 Å². The first-order valence-corrected chi connectivity index (χ1v) is 7.30. The number of ether oxygens (including phenoxy) is 1. The first-order valence-electron chi connectivity index (χ1n) is 6.51. The van der Waals surface area contributed by atoms with Crippen molar-refractivity contribution in [3.63, 3.8) is 0 Å². The lowest BCUT2D eigenvalue weighted by Gasteiger charge is -2.35. The van der Waals surface area contributed by atoms with E-state index in [9.17, 15) is 5.11 Å². The van der Waals surface area contributed by atoms with Gasteiger partial charge in [-0.05, 0) is 38.0 Å². The maximum atomic E-state index is 9.93. The lowest BCUT2D eigenvalue weighted by Crippen LogP contribution is -2.43. The van der Waals surface area contributed by atoms with Gasteiger partial charge in [0.2, 0.25) is 0 Å². The standard InChI is InChI=1S/C14H18BrNO2/c1-9(17)13-6-10(15)2-5-14(13)16-7-11-3-4-12(8-16)18-11/h2,5-6,9,11-12,17H,3-4,7-8H2,1H3. The third-order valence-electron chi connectivity index (χ3n) is 3.82. The van der Waals surface area contributed by atoms with Gasteiger partial charge in [0, 0.05) is 28.8 Å². The van der Waals surface area contributed by atoms with Crippen molar-refractivity contribution in [1.29, 1.82) is 0 Å². The molecular weight excluding hydrogens is 294 g/mol. The molecule has 0 amide bonds. The summed E-state index contributed by atoms with van der Waals surface area (Å²) in [6.07, 6.45) is 2.63. The van der Waals surface area contributed by atoms with Crippen LogP contribution in [-0.2, 0) is 4.74 Å². The Kier molecular flexibility index (Phi) is 3.34. The predicted molar refractivity (Wildman–Crippen MR) is 74.9 cm³/mol. The van der Waals surface area contributed by atoms with E-state index in [1.54, 1.807) is 0 Å². The van der Waals surface area contributed by atoms with Crippen molar-refractivity contribution >= 4 is 21.6 Å². The number of hydrogen-bond donors (Lipinski definition) is 1. The fourth-order valence-corrected chi connectivity index (χ4v) is 3.34. The van der Waals surface area contributed by atoms with Crippen molar-refractivity contribution in [2.45, 2.75) is 38.1 Å². The second-order valence-corrected chi connectivity index (χ2v) is 6.16. The molecule has 2 fully saturated rings. The van der Waals surface area contributed by atoms with E-state index < -0.39 is 6.10 Å². The highest BCUT2D eigenvalue weighted by atomic mass is 79.9. The van der Waals surface area contributed by atoms with E-state index in [1.165, 1.54) is 12.8 Å². The lowest BCUT2D eigenvalue weighted by molar-refractivity contribution is 0.0303. The molecule has 1 aromatic rings. The summed E-state index contributed by atoms with van der Waals surface area (Å²) in [5.74, 6) is 0. The first kappa shape index (κ1) is 12.5. The molecule has 3 nitrogen and oxygen atoms in total. The Hall–Kier alpha value is -0.580. The van der Waals surface area contributed by atoms with Crippen molar-refractivity contribution in [3.05, 3.63) is 28.2 Å². The Labute approximate surface area is 116 Å². The molecule has 98 valence electrons. The highest BCUT2D eigenvalue weighted by Crippen LogP contribution is 2.34. The van der Waals surface area contributed by atoms with Crippen LogP contribution in [0, 0.1) is 0 Å². The number of aliphatic hydroxyl groups is 1. The molecule has 0 aromatic heterocycles. The molecule has 4 heteroatoms. The van der Waals surface area contributed by atoms with Crippen LogP contribution in [0.5, 0.6) is 0 Å². The molecule has 0 spiro atoms. The van der Waals surface area contributed by atoms with Crippen molar-refractivity contribution in [2.24, 2.45) is 0 Å². The molecule has 2 bridgehead atoms. The molecule has 2 aliphatic rings. The first-order chi connectivity index (χ1) is 8.63. The number of aliphatic hydroxyl groups excluding tert-OH is 1. The maximum absolute atomic E-state index is 9.93. The number of hydrogen-bond acceptors (Lipinski definition) is 3. The number of halogens is 1. The van der Waals surface area contributed by atoms with Crippen molar-refractivity contribution in [3.8, 4) is 0 Å². The van der Waals surface area contributed by atoms with Crippen molar-refractivity contribution in [2.75, 3.05) is 18.0 Å². The molecule has 1 N–H and O–H groups in total. The van der Waals surface area contributed by atoms with Crippen molar-refractivity contribution in [1.82, 2.24) is 0 Å². The summed E-state index contributed by atoms with van der Waals surface area (Å²) in [6, 6.07) is 6.15. The van der Waals surface area contributed by atoms with E-state index in [4.69, 9.17) is 4.74 Å². The van der Waals surface area contributed by atoms with E-state index in [-0.39, 0.29) is 0 Å². The fourth-order valence-electron chi connectivity index (χ4n) is 2.96. The monoisotopic (exact) mass is 311 g/mol. The minimum Gasteiger partial charge on any atom is -0.389 e. The fraction of sp³-hybridized carbons (Fsp3) is 0.571. The smallest absolute Gasteiger partial charge is 0.0782 e. The Bertz CT molecular complexity index is 437. The van der Waals surface area contributed by atoms with Gasteiger partial charge in [0.25, 0.3) is 0 Å². The van der Waals surface area contributed by atoms with Crippen LogP contribution in [0.4, 0.5) is 5.69 Å². The molecule has 2 saturated heterocycles. The highest BCUT2D eigenvalue weighted by Gasteiger charge is 2.34. The van der Waals surface area contributed by atoms with Gasteiger partial charge in [-0.2, -0.15) is 0 Å². The molecule has 3 rings (SSSR count). The molecule has 3 unspecified atom stereocenters. The van der Waals surface area contributed by atoms with Gasteiger partial charge in [0.15, 0.2) is 0 Å².